The highest BCUT2D eigenvalue weighted by atomic mass is 32.1. The molecule has 0 unspecified atom stereocenters. The van der Waals surface area contributed by atoms with Crippen LogP contribution in [0.15, 0.2) is 6.07 Å². The first-order valence-electron chi connectivity index (χ1n) is 5.98. The Kier molecular flexibility index (Phi) is 4.33. The Hall–Kier alpha value is -1.14. The van der Waals surface area contributed by atoms with Gasteiger partial charge in [0.2, 0.25) is 0 Å². The molecule has 1 amide bonds. The highest BCUT2D eigenvalue weighted by molar-refractivity contribution is 7.10. The van der Waals surface area contributed by atoms with Crippen LogP contribution in [0, 0.1) is 0 Å². The first-order chi connectivity index (χ1) is 8.25. The molecule has 2 rings (SSSR count). The largest absolute Gasteiger partial charge is 0.389 e. The molecule has 0 saturated carbocycles. The lowest BCUT2D eigenvalue weighted by Crippen LogP contribution is -2.37. The third kappa shape index (κ3) is 3.67. The van der Waals surface area contributed by atoms with Crippen LogP contribution >= 0.6 is 11.5 Å². The lowest BCUT2D eigenvalue weighted by molar-refractivity contribution is 0.0942. The van der Waals surface area contributed by atoms with Gasteiger partial charge in [0.25, 0.3) is 5.91 Å². The second-order valence-corrected chi connectivity index (χ2v) is 5.11. The molecule has 6 heteroatoms. The smallest absolute Gasteiger partial charge is 0.271 e. The summed E-state index contributed by atoms with van der Waals surface area (Å²) in [4.78, 5) is 14.0. The van der Waals surface area contributed by atoms with Gasteiger partial charge in [0.05, 0.1) is 0 Å². The minimum absolute atomic E-state index is 0.130. The lowest BCUT2D eigenvalue weighted by Gasteiger charge is -2.26. The molecule has 1 aliphatic heterocycles. The Morgan fingerprint density at radius 2 is 2.24 bits per heavy atom. The maximum absolute atomic E-state index is 11.7. The Balaban J connectivity index is 1.69. The second-order valence-electron chi connectivity index (χ2n) is 4.27. The number of aromatic nitrogens is 1. The highest BCUT2D eigenvalue weighted by Crippen LogP contribution is 2.11. The normalized spacial score (nSPS) is 16.9. The summed E-state index contributed by atoms with van der Waals surface area (Å²) in [6, 6.07) is 1.61. The van der Waals surface area contributed by atoms with E-state index in [2.05, 4.69) is 14.6 Å². The van der Waals surface area contributed by atoms with Crippen LogP contribution in [0.2, 0.25) is 0 Å². The van der Waals surface area contributed by atoms with Crippen LogP contribution in [0.3, 0.4) is 0 Å². The van der Waals surface area contributed by atoms with E-state index in [4.69, 9.17) is 5.73 Å². The van der Waals surface area contributed by atoms with E-state index >= 15 is 0 Å². The number of carbonyl (C=O) groups is 1. The third-order valence-electron chi connectivity index (χ3n) is 2.92. The first kappa shape index (κ1) is 12.3. The average Bonchev–Trinajstić information content (AvgIpc) is 2.77. The topological polar surface area (TPSA) is 71.2 Å². The molecule has 3 N–H and O–H groups in total. The van der Waals surface area contributed by atoms with E-state index in [1.807, 2.05) is 0 Å². The molecule has 0 spiro atoms. The van der Waals surface area contributed by atoms with Gasteiger partial charge < -0.3 is 16.0 Å². The quantitative estimate of drug-likeness (QED) is 0.839. The molecular formula is C11H18N4OS. The van der Waals surface area contributed by atoms with Crippen molar-refractivity contribution >= 4 is 22.4 Å². The van der Waals surface area contributed by atoms with Crippen LogP contribution in [-0.4, -0.2) is 41.4 Å². The van der Waals surface area contributed by atoms with E-state index in [0.29, 0.717) is 17.2 Å². The minimum atomic E-state index is -0.130. The fourth-order valence-electron chi connectivity index (χ4n) is 2.00. The number of hydrogen-bond acceptors (Lipinski definition) is 5. The number of anilines is 1. The van der Waals surface area contributed by atoms with Crippen molar-refractivity contribution < 1.29 is 4.79 Å². The number of piperidine rings is 1. The van der Waals surface area contributed by atoms with Gasteiger partial charge in [-0.2, -0.15) is 4.37 Å². The summed E-state index contributed by atoms with van der Waals surface area (Å²) in [7, 11) is 0. The number of hydrogen-bond donors (Lipinski definition) is 2. The van der Waals surface area contributed by atoms with Gasteiger partial charge in [-0.1, -0.05) is 6.42 Å². The van der Waals surface area contributed by atoms with E-state index in [0.717, 1.165) is 31.2 Å². The lowest BCUT2D eigenvalue weighted by atomic mass is 10.1. The SMILES string of the molecule is Nc1cc(C(=O)NCCN2CCCCC2)ns1. The van der Waals surface area contributed by atoms with E-state index < -0.39 is 0 Å². The fraction of sp³-hybridized carbons (Fsp3) is 0.636. The number of amides is 1. The van der Waals surface area contributed by atoms with E-state index in [-0.39, 0.29) is 5.91 Å². The molecule has 1 aromatic rings. The Bertz CT molecular complexity index is 373. The van der Waals surface area contributed by atoms with Gasteiger partial charge in [0.1, 0.15) is 10.7 Å². The predicted molar refractivity (Wildman–Crippen MR) is 69.2 cm³/mol. The van der Waals surface area contributed by atoms with Crippen molar-refractivity contribution in [1.82, 2.24) is 14.6 Å². The molecule has 0 atom stereocenters. The summed E-state index contributed by atoms with van der Waals surface area (Å²) in [5.74, 6) is -0.130. The molecule has 1 fully saturated rings. The summed E-state index contributed by atoms with van der Waals surface area (Å²) < 4.78 is 3.97. The molecule has 0 radical (unpaired) electrons. The number of nitrogen functional groups attached to an aromatic ring is 1. The molecule has 5 nitrogen and oxygen atoms in total. The fourth-order valence-corrected chi connectivity index (χ4v) is 2.50. The Morgan fingerprint density at radius 1 is 1.47 bits per heavy atom. The van der Waals surface area contributed by atoms with Crippen molar-refractivity contribution in [1.29, 1.82) is 0 Å². The zero-order valence-electron chi connectivity index (χ0n) is 9.82. The van der Waals surface area contributed by atoms with Crippen LogP contribution in [0.4, 0.5) is 5.00 Å². The van der Waals surface area contributed by atoms with Crippen LogP contribution < -0.4 is 11.1 Å². The summed E-state index contributed by atoms with van der Waals surface area (Å²) in [5, 5.41) is 3.44. The monoisotopic (exact) mass is 254 g/mol. The van der Waals surface area contributed by atoms with Gasteiger partial charge in [-0.05, 0) is 37.5 Å². The predicted octanol–water partition coefficient (Wildman–Crippen LogP) is 0.941. The molecule has 1 aliphatic rings. The zero-order chi connectivity index (χ0) is 12.1. The van der Waals surface area contributed by atoms with Gasteiger partial charge in [-0.25, -0.2) is 0 Å². The zero-order valence-corrected chi connectivity index (χ0v) is 10.6. The molecule has 2 heterocycles. The molecule has 94 valence electrons. The number of nitrogens with zero attached hydrogens (tertiary/aromatic N) is 2. The minimum Gasteiger partial charge on any atom is -0.389 e. The van der Waals surface area contributed by atoms with Crippen molar-refractivity contribution in [2.75, 3.05) is 31.9 Å². The molecule has 0 aromatic carbocycles. The Labute approximate surface area is 105 Å². The van der Waals surface area contributed by atoms with E-state index in [1.165, 1.54) is 19.3 Å². The van der Waals surface area contributed by atoms with E-state index in [1.54, 1.807) is 6.07 Å². The van der Waals surface area contributed by atoms with Crippen molar-refractivity contribution in [3.8, 4) is 0 Å². The van der Waals surface area contributed by atoms with Crippen LogP contribution in [0.5, 0.6) is 0 Å². The van der Waals surface area contributed by atoms with Crippen LogP contribution in [-0.2, 0) is 0 Å². The van der Waals surface area contributed by atoms with Gasteiger partial charge in [-0.3, -0.25) is 4.79 Å². The summed E-state index contributed by atoms with van der Waals surface area (Å²) >= 11 is 1.15. The second kappa shape index (κ2) is 5.97. The van der Waals surface area contributed by atoms with Gasteiger partial charge in [0.15, 0.2) is 0 Å². The van der Waals surface area contributed by atoms with Crippen molar-refractivity contribution in [3.63, 3.8) is 0 Å². The third-order valence-corrected chi connectivity index (χ3v) is 3.54. The van der Waals surface area contributed by atoms with Crippen molar-refractivity contribution in [2.24, 2.45) is 0 Å². The number of rotatable bonds is 4. The van der Waals surface area contributed by atoms with E-state index in [9.17, 15) is 4.79 Å². The standard InChI is InChI=1S/C11H18N4OS/c12-10-8-9(14-17-10)11(16)13-4-7-15-5-2-1-3-6-15/h8H,1-7,12H2,(H,13,16). The van der Waals surface area contributed by atoms with Crippen LogP contribution in [0.1, 0.15) is 29.8 Å². The molecule has 17 heavy (non-hydrogen) atoms. The van der Waals surface area contributed by atoms with Crippen molar-refractivity contribution in [2.45, 2.75) is 19.3 Å². The molecular weight excluding hydrogens is 236 g/mol. The maximum Gasteiger partial charge on any atom is 0.271 e. The van der Waals surface area contributed by atoms with Gasteiger partial charge in [-0.15, -0.1) is 0 Å². The number of likely N-dealkylation sites (tertiary alicyclic amines) is 1. The molecule has 1 saturated heterocycles. The molecule has 0 aliphatic carbocycles. The summed E-state index contributed by atoms with van der Waals surface area (Å²) in [5.41, 5.74) is 5.95. The van der Waals surface area contributed by atoms with Crippen molar-refractivity contribution in [3.05, 3.63) is 11.8 Å². The van der Waals surface area contributed by atoms with Crippen LogP contribution in [0.25, 0.3) is 0 Å². The van der Waals surface area contributed by atoms with Gasteiger partial charge >= 0.3 is 0 Å². The molecule has 1 aromatic heterocycles. The summed E-state index contributed by atoms with van der Waals surface area (Å²) in [6.07, 6.45) is 3.88. The molecule has 0 bridgehead atoms. The van der Waals surface area contributed by atoms with Gasteiger partial charge in [0, 0.05) is 19.2 Å². The number of carbonyl (C=O) groups excluding carboxylic acids is 1. The average molecular weight is 254 g/mol. The summed E-state index contributed by atoms with van der Waals surface area (Å²) in [6.45, 7) is 3.90. The maximum atomic E-state index is 11.7. The first-order valence-corrected chi connectivity index (χ1v) is 6.76. The Morgan fingerprint density at radius 3 is 2.88 bits per heavy atom. The number of nitrogens with two attached hydrogens (primary N) is 1. The highest BCUT2D eigenvalue weighted by Gasteiger charge is 2.12. The number of nitrogens with one attached hydrogen (secondary N) is 1.